The van der Waals surface area contributed by atoms with Gasteiger partial charge in [-0.05, 0) is 6.07 Å². The van der Waals surface area contributed by atoms with Crippen LogP contribution < -0.4 is 0 Å². The number of nitrogens with zero attached hydrogens (tertiary/aromatic N) is 2. The fourth-order valence-electron chi connectivity index (χ4n) is 1.11. The summed E-state index contributed by atoms with van der Waals surface area (Å²) in [5.41, 5.74) is -0.641. The zero-order valence-corrected chi connectivity index (χ0v) is 8.07. The molecule has 0 saturated heterocycles. The van der Waals surface area contributed by atoms with Gasteiger partial charge in [0.15, 0.2) is 0 Å². The fraction of sp³-hybridized carbons (Fsp3) is 0.111. The van der Waals surface area contributed by atoms with Crippen molar-refractivity contribution in [2.24, 2.45) is 0 Å². The van der Waals surface area contributed by atoms with Crippen molar-refractivity contribution >= 4 is 11.8 Å². The third-order valence-electron chi connectivity index (χ3n) is 1.85. The maximum Gasteiger partial charge on any atom is 0.276 e. The molecule has 0 spiro atoms. The number of benzene rings is 1. The van der Waals surface area contributed by atoms with Crippen LogP contribution in [-0.2, 0) is 0 Å². The molecule has 1 rings (SSSR count). The van der Waals surface area contributed by atoms with Crippen molar-refractivity contribution in [2.75, 3.05) is 6.61 Å². The molecule has 84 valence electrons. The van der Waals surface area contributed by atoms with Crippen molar-refractivity contribution < 1.29 is 15.0 Å². The molecule has 0 aliphatic rings. The van der Waals surface area contributed by atoms with Gasteiger partial charge in [0.2, 0.25) is 0 Å². The van der Waals surface area contributed by atoms with Gasteiger partial charge in [-0.25, -0.2) is 0 Å². The van der Waals surface area contributed by atoms with Crippen molar-refractivity contribution in [2.45, 2.75) is 0 Å². The Morgan fingerprint density at radius 2 is 1.94 bits per heavy atom. The Bertz CT molecular complexity index is 455. The first-order valence-corrected chi connectivity index (χ1v) is 4.25. The van der Waals surface area contributed by atoms with Crippen molar-refractivity contribution in [3.63, 3.8) is 0 Å². The fourth-order valence-corrected chi connectivity index (χ4v) is 1.11. The smallest absolute Gasteiger partial charge is 0.276 e. The van der Waals surface area contributed by atoms with Gasteiger partial charge in [0.1, 0.15) is 6.61 Å². The number of rotatable bonds is 4. The van der Waals surface area contributed by atoms with Crippen LogP contribution in [0.1, 0.15) is 5.56 Å². The zero-order valence-electron chi connectivity index (χ0n) is 8.07. The van der Waals surface area contributed by atoms with Crippen LogP contribution in [0.2, 0.25) is 0 Å². The molecule has 0 saturated carbocycles. The van der Waals surface area contributed by atoms with Gasteiger partial charge in [-0.3, -0.25) is 20.2 Å². The third-order valence-corrected chi connectivity index (χ3v) is 1.85. The summed E-state index contributed by atoms with van der Waals surface area (Å²) in [6.45, 7) is -0.779. The summed E-state index contributed by atoms with van der Waals surface area (Å²) in [7, 11) is 0. The summed E-state index contributed by atoms with van der Waals surface area (Å²) in [4.78, 5) is 19.6. The predicted octanol–water partition coefficient (Wildman–Crippen LogP) is 1.20. The lowest BCUT2D eigenvalue weighted by Gasteiger charge is -1.97. The first-order valence-electron chi connectivity index (χ1n) is 4.25. The Morgan fingerprint density at radius 3 is 2.44 bits per heavy atom. The molecule has 0 aliphatic heterocycles. The number of nitro groups is 2. The van der Waals surface area contributed by atoms with Crippen LogP contribution in [0.4, 0.5) is 5.69 Å². The highest BCUT2D eigenvalue weighted by molar-refractivity contribution is 5.61. The molecule has 0 atom stereocenters. The standard InChI is InChI=1S/C9H8N2O5/c12-6-8(10(13)14)5-7-3-1-2-4-9(7)11(15)16/h1-5,12H,6H2/b8-5+. The molecule has 1 aromatic rings. The first-order chi connectivity index (χ1) is 7.56. The number of para-hydroxylation sites is 1. The van der Waals surface area contributed by atoms with Crippen molar-refractivity contribution in [3.05, 3.63) is 55.8 Å². The lowest BCUT2D eigenvalue weighted by molar-refractivity contribution is -0.428. The summed E-state index contributed by atoms with van der Waals surface area (Å²) in [6, 6.07) is 5.59. The summed E-state index contributed by atoms with van der Waals surface area (Å²) in [5.74, 6) is 0. The van der Waals surface area contributed by atoms with E-state index in [1.165, 1.54) is 24.3 Å². The van der Waals surface area contributed by atoms with Crippen LogP contribution in [0.25, 0.3) is 6.08 Å². The highest BCUT2D eigenvalue weighted by atomic mass is 16.6. The lowest BCUT2D eigenvalue weighted by Crippen LogP contribution is -2.03. The molecule has 7 nitrogen and oxygen atoms in total. The predicted molar refractivity (Wildman–Crippen MR) is 55.2 cm³/mol. The zero-order chi connectivity index (χ0) is 12.1. The summed E-state index contributed by atoms with van der Waals surface area (Å²) in [6.07, 6.45) is 0.984. The summed E-state index contributed by atoms with van der Waals surface area (Å²) < 4.78 is 0. The van der Waals surface area contributed by atoms with E-state index in [1.807, 2.05) is 0 Å². The number of nitro benzene ring substituents is 1. The number of aliphatic hydroxyl groups excluding tert-OH is 1. The maximum atomic E-state index is 10.6. The van der Waals surface area contributed by atoms with E-state index in [2.05, 4.69) is 0 Å². The topological polar surface area (TPSA) is 107 Å². The Morgan fingerprint density at radius 1 is 1.31 bits per heavy atom. The van der Waals surface area contributed by atoms with E-state index < -0.39 is 22.2 Å². The van der Waals surface area contributed by atoms with Crippen molar-refractivity contribution in [1.29, 1.82) is 0 Å². The van der Waals surface area contributed by atoms with Gasteiger partial charge in [0, 0.05) is 12.1 Å². The Labute approximate surface area is 89.9 Å². The van der Waals surface area contributed by atoms with E-state index in [4.69, 9.17) is 5.11 Å². The van der Waals surface area contributed by atoms with Crippen LogP contribution in [-0.4, -0.2) is 21.6 Å². The SMILES string of the molecule is O=[N+]([O-])/C(=C/c1ccccc1[N+](=O)[O-])CO. The molecule has 7 heteroatoms. The molecule has 16 heavy (non-hydrogen) atoms. The van der Waals surface area contributed by atoms with Gasteiger partial charge >= 0.3 is 0 Å². The van der Waals surface area contributed by atoms with E-state index in [-0.39, 0.29) is 11.3 Å². The lowest BCUT2D eigenvalue weighted by atomic mass is 10.1. The summed E-state index contributed by atoms with van der Waals surface area (Å²) >= 11 is 0. The number of hydrogen-bond donors (Lipinski definition) is 1. The third kappa shape index (κ3) is 2.61. The van der Waals surface area contributed by atoms with Gasteiger partial charge in [0.05, 0.1) is 15.4 Å². The Kier molecular flexibility index (Phi) is 3.67. The molecule has 0 radical (unpaired) electrons. The summed E-state index contributed by atoms with van der Waals surface area (Å²) in [5, 5.41) is 29.7. The monoisotopic (exact) mass is 224 g/mol. The maximum absolute atomic E-state index is 10.6. The largest absolute Gasteiger partial charge is 0.385 e. The van der Waals surface area contributed by atoms with Crippen LogP contribution >= 0.6 is 0 Å². The van der Waals surface area contributed by atoms with Crippen molar-refractivity contribution in [1.82, 2.24) is 0 Å². The average molecular weight is 224 g/mol. The molecule has 1 N–H and O–H groups in total. The molecular formula is C9H8N2O5. The Balaban J connectivity index is 3.23. The van der Waals surface area contributed by atoms with Gasteiger partial charge in [0.25, 0.3) is 11.4 Å². The second-order valence-electron chi connectivity index (χ2n) is 2.87. The quantitative estimate of drug-likeness (QED) is 0.610. The van der Waals surface area contributed by atoms with E-state index in [0.717, 1.165) is 6.08 Å². The highest BCUT2D eigenvalue weighted by Gasteiger charge is 2.15. The molecule has 0 fully saturated rings. The molecule has 1 aromatic carbocycles. The number of aliphatic hydroxyl groups is 1. The molecule has 0 bridgehead atoms. The molecular weight excluding hydrogens is 216 g/mol. The highest BCUT2D eigenvalue weighted by Crippen LogP contribution is 2.20. The minimum absolute atomic E-state index is 0.0910. The minimum atomic E-state index is -0.781. The molecule has 0 unspecified atom stereocenters. The molecule has 0 amide bonds. The van der Waals surface area contributed by atoms with Crippen LogP contribution in [0.15, 0.2) is 30.0 Å². The molecule has 0 heterocycles. The Hall–Kier alpha value is -2.28. The van der Waals surface area contributed by atoms with Crippen LogP contribution in [0.3, 0.4) is 0 Å². The van der Waals surface area contributed by atoms with E-state index in [9.17, 15) is 20.2 Å². The minimum Gasteiger partial charge on any atom is -0.385 e. The second-order valence-corrected chi connectivity index (χ2v) is 2.87. The van der Waals surface area contributed by atoms with Gasteiger partial charge in [-0.15, -0.1) is 0 Å². The average Bonchev–Trinajstić information content (AvgIpc) is 2.25. The number of hydrogen-bond acceptors (Lipinski definition) is 5. The normalized spacial score (nSPS) is 11.2. The van der Waals surface area contributed by atoms with Crippen LogP contribution in [0, 0.1) is 20.2 Å². The molecule has 0 aromatic heterocycles. The van der Waals surface area contributed by atoms with Crippen LogP contribution in [0.5, 0.6) is 0 Å². The van der Waals surface area contributed by atoms with E-state index in [1.54, 1.807) is 0 Å². The van der Waals surface area contributed by atoms with E-state index >= 15 is 0 Å². The van der Waals surface area contributed by atoms with Gasteiger partial charge < -0.3 is 5.11 Å². The molecule has 0 aliphatic carbocycles. The van der Waals surface area contributed by atoms with Gasteiger partial charge in [-0.1, -0.05) is 12.1 Å². The van der Waals surface area contributed by atoms with E-state index in [0.29, 0.717) is 0 Å². The second kappa shape index (κ2) is 4.99. The van der Waals surface area contributed by atoms with Gasteiger partial charge in [-0.2, -0.15) is 0 Å². The first kappa shape index (κ1) is 11.8. The van der Waals surface area contributed by atoms with Crippen molar-refractivity contribution in [3.8, 4) is 0 Å².